The molecule has 31 heavy (non-hydrogen) atoms. The van der Waals surface area contributed by atoms with Crippen molar-refractivity contribution < 1.29 is 9.53 Å². The van der Waals surface area contributed by atoms with Gasteiger partial charge in [-0.2, -0.15) is 0 Å². The van der Waals surface area contributed by atoms with Crippen LogP contribution in [0.15, 0.2) is 54.6 Å². The lowest BCUT2D eigenvalue weighted by Gasteiger charge is -2.16. The zero-order valence-corrected chi connectivity index (χ0v) is 19.1. The Balaban J connectivity index is 1.93. The molecule has 1 aromatic heterocycles. The zero-order valence-electron chi connectivity index (χ0n) is 18.3. The number of benzene rings is 3. The third-order valence-corrected chi connectivity index (χ3v) is 5.93. The van der Waals surface area contributed by atoms with Gasteiger partial charge < -0.3 is 4.74 Å². The predicted octanol–water partition coefficient (Wildman–Crippen LogP) is 7.32. The van der Waals surface area contributed by atoms with Crippen molar-refractivity contribution in [3.63, 3.8) is 0 Å². The van der Waals surface area contributed by atoms with Crippen LogP contribution in [0.2, 0.25) is 5.02 Å². The van der Waals surface area contributed by atoms with E-state index >= 15 is 0 Å². The third-order valence-electron chi connectivity index (χ3n) is 5.68. The highest BCUT2D eigenvalue weighted by atomic mass is 35.5. The van der Waals surface area contributed by atoms with Crippen molar-refractivity contribution >= 4 is 28.5 Å². The van der Waals surface area contributed by atoms with E-state index in [2.05, 4.69) is 6.07 Å². The molecule has 4 rings (SSSR count). The lowest BCUT2D eigenvalue weighted by atomic mass is 9.95. The molecule has 0 saturated heterocycles. The number of esters is 1. The van der Waals surface area contributed by atoms with E-state index in [1.165, 1.54) is 0 Å². The number of aromatic nitrogens is 1. The van der Waals surface area contributed by atoms with Gasteiger partial charge in [0.2, 0.25) is 0 Å². The van der Waals surface area contributed by atoms with Crippen LogP contribution < -0.4 is 4.74 Å². The normalized spacial score (nSPS) is 11.0. The summed E-state index contributed by atoms with van der Waals surface area (Å²) in [6.45, 7) is 10.00. The molecule has 0 bridgehead atoms. The summed E-state index contributed by atoms with van der Waals surface area (Å²) < 4.78 is 5.83. The Morgan fingerprint density at radius 1 is 0.839 bits per heavy atom. The summed E-state index contributed by atoms with van der Waals surface area (Å²) in [5.74, 6) is 0.156. The van der Waals surface area contributed by atoms with Gasteiger partial charge in [-0.15, -0.1) is 0 Å². The van der Waals surface area contributed by atoms with Gasteiger partial charge in [-0.05, 0) is 87.2 Å². The van der Waals surface area contributed by atoms with E-state index in [-0.39, 0.29) is 5.97 Å². The Kier molecular flexibility index (Phi) is 5.55. The van der Waals surface area contributed by atoms with E-state index in [9.17, 15) is 4.79 Å². The quantitative estimate of drug-likeness (QED) is 0.253. The molecule has 0 unspecified atom stereocenters. The molecule has 156 valence electrons. The van der Waals surface area contributed by atoms with Crippen LogP contribution in [0.3, 0.4) is 0 Å². The topological polar surface area (TPSA) is 39.2 Å². The molecule has 0 radical (unpaired) electrons. The Hall–Kier alpha value is -3.17. The maximum Gasteiger partial charge on any atom is 0.344 e. The molecule has 4 heteroatoms. The van der Waals surface area contributed by atoms with Crippen LogP contribution in [0.25, 0.3) is 22.2 Å². The molecule has 0 aliphatic heterocycles. The minimum atomic E-state index is -0.381. The van der Waals surface area contributed by atoms with E-state index in [1.807, 2.05) is 83.1 Å². The molecule has 0 aliphatic carbocycles. The van der Waals surface area contributed by atoms with E-state index in [1.54, 1.807) is 0 Å². The van der Waals surface area contributed by atoms with Crippen LogP contribution in [0, 0.1) is 34.6 Å². The van der Waals surface area contributed by atoms with E-state index in [0.29, 0.717) is 16.3 Å². The molecule has 0 saturated carbocycles. The van der Waals surface area contributed by atoms with Crippen molar-refractivity contribution in [3.05, 3.63) is 93.0 Å². The summed E-state index contributed by atoms with van der Waals surface area (Å²) in [5.41, 5.74) is 8.11. The Bertz CT molecular complexity index is 1320. The van der Waals surface area contributed by atoms with Gasteiger partial charge in [-0.3, -0.25) is 0 Å². The molecule has 0 spiro atoms. The van der Waals surface area contributed by atoms with Crippen LogP contribution in [-0.2, 0) is 0 Å². The Morgan fingerprint density at radius 3 is 2.23 bits per heavy atom. The number of pyridine rings is 1. The second kappa shape index (κ2) is 8.16. The van der Waals surface area contributed by atoms with Crippen molar-refractivity contribution in [2.75, 3.05) is 0 Å². The number of fused-ring (bicyclic) bond motifs is 1. The van der Waals surface area contributed by atoms with E-state index in [0.717, 1.165) is 50.0 Å². The number of ether oxygens (including phenoxy) is 1. The summed E-state index contributed by atoms with van der Waals surface area (Å²) in [7, 11) is 0. The average molecular weight is 430 g/mol. The number of hydrogen-bond donors (Lipinski definition) is 0. The summed E-state index contributed by atoms with van der Waals surface area (Å²) in [4.78, 5) is 18.4. The Labute approximate surface area is 187 Å². The van der Waals surface area contributed by atoms with Gasteiger partial charge in [-0.25, -0.2) is 9.78 Å². The average Bonchev–Trinajstić information content (AvgIpc) is 2.71. The van der Waals surface area contributed by atoms with Crippen molar-refractivity contribution in [1.29, 1.82) is 0 Å². The first kappa shape index (κ1) is 21.1. The van der Waals surface area contributed by atoms with Gasteiger partial charge in [0.25, 0.3) is 0 Å². The van der Waals surface area contributed by atoms with Gasteiger partial charge in [-0.1, -0.05) is 41.4 Å². The van der Waals surface area contributed by atoms with E-state index < -0.39 is 0 Å². The minimum absolute atomic E-state index is 0.381. The lowest BCUT2D eigenvalue weighted by Crippen LogP contribution is -2.13. The first-order valence-corrected chi connectivity index (χ1v) is 10.6. The van der Waals surface area contributed by atoms with E-state index in [4.69, 9.17) is 21.3 Å². The highest BCUT2D eigenvalue weighted by Gasteiger charge is 2.22. The molecule has 0 N–H and O–H groups in total. The van der Waals surface area contributed by atoms with Gasteiger partial charge in [0.15, 0.2) is 0 Å². The molecule has 4 aromatic rings. The SMILES string of the molecule is Cc1cc(C)c2nc(-c3ccc(Cl)cc3)c(C)c(C(=O)Oc3ccc(C)c(C)c3)c2c1. The lowest BCUT2D eigenvalue weighted by molar-refractivity contribution is 0.0736. The highest BCUT2D eigenvalue weighted by Crippen LogP contribution is 2.33. The van der Waals surface area contributed by atoms with Gasteiger partial charge >= 0.3 is 5.97 Å². The van der Waals surface area contributed by atoms with Gasteiger partial charge in [0, 0.05) is 16.0 Å². The van der Waals surface area contributed by atoms with Crippen LogP contribution >= 0.6 is 11.6 Å². The number of nitrogens with zero attached hydrogens (tertiary/aromatic N) is 1. The molecule has 0 aliphatic rings. The van der Waals surface area contributed by atoms with Crippen LogP contribution in [0.5, 0.6) is 5.75 Å². The fourth-order valence-electron chi connectivity index (χ4n) is 3.90. The van der Waals surface area contributed by atoms with Crippen LogP contribution in [0.4, 0.5) is 0 Å². The van der Waals surface area contributed by atoms with Crippen LogP contribution in [-0.4, -0.2) is 11.0 Å². The fourth-order valence-corrected chi connectivity index (χ4v) is 4.03. The Morgan fingerprint density at radius 2 is 1.55 bits per heavy atom. The zero-order chi connectivity index (χ0) is 22.3. The van der Waals surface area contributed by atoms with Gasteiger partial charge in [0.1, 0.15) is 5.75 Å². The highest BCUT2D eigenvalue weighted by molar-refractivity contribution is 6.30. The number of carbonyl (C=O) groups is 1. The number of halogens is 1. The predicted molar refractivity (Wildman–Crippen MR) is 127 cm³/mol. The number of rotatable bonds is 3. The smallest absolute Gasteiger partial charge is 0.344 e. The maximum atomic E-state index is 13.4. The molecule has 0 atom stereocenters. The number of hydrogen-bond acceptors (Lipinski definition) is 3. The second-order valence-corrected chi connectivity index (χ2v) is 8.52. The van der Waals surface area contributed by atoms with Gasteiger partial charge in [0.05, 0.1) is 16.8 Å². The summed E-state index contributed by atoms with van der Waals surface area (Å²) in [6, 6.07) is 17.3. The molecule has 1 heterocycles. The van der Waals surface area contributed by atoms with Crippen molar-refractivity contribution in [2.45, 2.75) is 34.6 Å². The minimum Gasteiger partial charge on any atom is -0.423 e. The molecule has 3 nitrogen and oxygen atoms in total. The number of aryl methyl sites for hydroxylation is 4. The molecule has 0 amide bonds. The molecule has 0 fully saturated rings. The van der Waals surface area contributed by atoms with Crippen molar-refractivity contribution in [3.8, 4) is 17.0 Å². The van der Waals surface area contributed by atoms with Crippen molar-refractivity contribution in [1.82, 2.24) is 4.98 Å². The maximum absolute atomic E-state index is 13.4. The molecular weight excluding hydrogens is 406 g/mol. The first-order chi connectivity index (χ1) is 14.7. The third kappa shape index (κ3) is 4.06. The first-order valence-electron chi connectivity index (χ1n) is 10.2. The number of carbonyl (C=O) groups excluding carboxylic acids is 1. The molecule has 3 aromatic carbocycles. The molecular formula is C27H24ClNO2. The summed E-state index contributed by atoms with van der Waals surface area (Å²) in [6.07, 6.45) is 0. The fraction of sp³-hybridized carbons (Fsp3) is 0.185. The summed E-state index contributed by atoms with van der Waals surface area (Å²) >= 11 is 6.08. The largest absolute Gasteiger partial charge is 0.423 e. The van der Waals surface area contributed by atoms with Crippen LogP contribution in [0.1, 0.15) is 38.2 Å². The second-order valence-electron chi connectivity index (χ2n) is 8.08. The standard InChI is InChI=1S/C27H24ClNO2/c1-15-12-18(4)25-23(13-15)24(27(30)31-22-11-6-16(2)17(3)14-22)19(5)26(29-25)20-7-9-21(28)10-8-20/h6-14H,1-5H3. The monoisotopic (exact) mass is 429 g/mol. The van der Waals surface area contributed by atoms with Crippen molar-refractivity contribution in [2.24, 2.45) is 0 Å². The summed E-state index contributed by atoms with van der Waals surface area (Å²) in [5, 5.41) is 1.46.